The number of pyridine rings is 1. The standard InChI is InChI=1S/C22H24ClNO3/c1-15-10-17(7-6-16-4-5-16)8-9-20(15)21-11-18(12-22(23)24-21)27-14-19(26-3)13-25-2/h8-12,16,19H,4-5,13-14H2,1-3H3/t19-/m1/s1. The van der Waals surface area contributed by atoms with Gasteiger partial charge >= 0.3 is 0 Å². The number of ether oxygens (including phenoxy) is 3. The highest BCUT2D eigenvalue weighted by Crippen LogP contribution is 2.29. The third-order valence-electron chi connectivity index (χ3n) is 4.39. The lowest BCUT2D eigenvalue weighted by atomic mass is 10.0. The Balaban J connectivity index is 1.78. The van der Waals surface area contributed by atoms with Gasteiger partial charge in [0.2, 0.25) is 0 Å². The van der Waals surface area contributed by atoms with Gasteiger partial charge in [-0.05, 0) is 37.5 Å². The summed E-state index contributed by atoms with van der Waals surface area (Å²) in [6, 6.07) is 9.75. The number of aromatic nitrogens is 1. The Morgan fingerprint density at radius 2 is 2.00 bits per heavy atom. The van der Waals surface area contributed by atoms with E-state index in [0.717, 1.165) is 22.4 Å². The molecule has 0 bridgehead atoms. The highest BCUT2D eigenvalue weighted by molar-refractivity contribution is 6.29. The van der Waals surface area contributed by atoms with Crippen molar-refractivity contribution in [3.05, 3.63) is 46.6 Å². The Bertz CT molecular complexity index is 852. The van der Waals surface area contributed by atoms with Crippen molar-refractivity contribution in [2.75, 3.05) is 27.4 Å². The van der Waals surface area contributed by atoms with Gasteiger partial charge in [-0.1, -0.05) is 29.5 Å². The molecule has 4 nitrogen and oxygen atoms in total. The van der Waals surface area contributed by atoms with E-state index < -0.39 is 0 Å². The largest absolute Gasteiger partial charge is 0.491 e. The molecule has 3 rings (SSSR count). The second-order valence-electron chi connectivity index (χ2n) is 6.71. The van der Waals surface area contributed by atoms with Crippen LogP contribution >= 0.6 is 11.6 Å². The zero-order valence-electron chi connectivity index (χ0n) is 15.9. The van der Waals surface area contributed by atoms with E-state index in [1.165, 1.54) is 12.8 Å². The monoisotopic (exact) mass is 385 g/mol. The number of hydrogen-bond acceptors (Lipinski definition) is 4. The molecule has 2 aromatic rings. The van der Waals surface area contributed by atoms with Crippen molar-refractivity contribution in [2.24, 2.45) is 5.92 Å². The van der Waals surface area contributed by atoms with Crippen LogP contribution in [-0.4, -0.2) is 38.5 Å². The fourth-order valence-corrected chi connectivity index (χ4v) is 2.89. The molecule has 1 aromatic carbocycles. The first-order valence-corrected chi connectivity index (χ1v) is 9.41. The molecule has 27 heavy (non-hydrogen) atoms. The molecule has 1 aliphatic rings. The molecule has 142 valence electrons. The summed E-state index contributed by atoms with van der Waals surface area (Å²) in [7, 11) is 3.27. The molecule has 1 heterocycles. The lowest BCUT2D eigenvalue weighted by Crippen LogP contribution is -2.25. The molecule has 1 aliphatic carbocycles. The summed E-state index contributed by atoms with van der Waals surface area (Å²) < 4.78 is 16.3. The van der Waals surface area contributed by atoms with E-state index in [1.54, 1.807) is 20.3 Å². The summed E-state index contributed by atoms with van der Waals surface area (Å²) in [6.45, 7) is 2.89. The van der Waals surface area contributed by atoms with Crippen molar-refractivity contribution >= 4 is 11.6 Å². The molecule has 0 unspecified atom stereocenters. The van der Waals surface area contributed by atoms with Crippen molar-refractivity contribution in [3.8, 4) is 28.8 Å². The number of benzene rings is 1. The van der Waals surface area contributed by atoms with Crippen molar-refractivity contribution in [1.29, 1.82) is 0 Å². The first-order chi connectivity index (χ1) is 13.1. The molecule has 5 heteroatoms. The van der Waals surface area contributed by atoms with E-state index in [1.807, 2.05) is 18.2 Å². The summed E-state index contributed by atoms with van der Waals surface area (Å²) in [4.78, 5) is 4.46. The third kappa shape index (κ3) is 5.71. The molecule has 1 saturated carbocycles. The quantitative estimate of drug-likeness (QED) is 0.519. The van der Waals surface area contributed by atoms with Gasteiger partial charge in [0.05, 0.1) is 12.3 Å². The lowest BCUT2D eigenvalue weighted by Gasteiger charge is -2.16. The van der Waals surface area contributed by atoms with E-state index in [4.69, 9.17) is 25.8 Å². The number of rotatable bonds is 7. The molecule has 0 N–H and O–H groups in total. The van der Waals surface area contributed by atoms with Crippen LogP contribution in [-0.2, 0) is 9.47 Å². The average molecular weight is 386 g/mol. The van der Waals surface area contributed by atoms with Crippen LogP contribution in [0, 0.1) is 24.7 Å². The smallest absolute Gasteiger partial charge is 0.133 e. The number of methoxy groups -OCH3 is 2. The van der Waals surface area contributed by atoms with E-state index in [2.05, 4.69) is 29.8 Å². The highest BCUT2D eigenvalue weighted by Gasteiger charge is 2.17. The minimum absolute atomic E-state index is 0.142. The van der Waals surface area contributed by atoms with Crippen molar-refractivity contribution in [3.63, 3.8) is 0 Å². The number of aryl methyl sites for hydroxylation is 1. The zero-order chi connectivity index (χ0) is 19.2. The number of halogens is 1. The topological polar surface area (TPSA) is 40.6 Å². The van der Waals surface area contributed by atoms with Gasteiger partial charge in [0.1, 0.15) is 23.6 Å². The summed E-state index contributed by atoms with van der Waals surface area (Å²) in [5.74, 6) is 7.79. The second kappa shape index (κ2) is 9.23. The summed E-state index contributed by atoms with van der Waals surface area (Å²) in [5.41, 5.74) is 3.92. The Labute approximate surface area is 165 Å². The van der Waals surface area contributed by atoms with Crippen molar-refractivity contribution < 1.29 is 14.2 Å². The van der Waals surface area contributed by atoms with Crippen LogP contribution in [0.1, 0.15) is 24.0 Å². The Kier molecular flexibility index (Phi) is 6.73. The van der Waals surface area contributed by atoms with Crippen LogP contribution in [0.15, 0.2) is 30.3 Å². The molecule has 1 aromatic heterocycles. The number of hydrogen-bond donors (Lipinski definition) is 0. The Hall–Kier alpha value is -2.06. The van der Waals surface area contributed by atoms with E-state index >= 15 is 0 Å². The number of nitrogens with zero attached hydrogens (tertiary/aromatic N) is 1. The van der Waals surface area contributed by atoms with Gasteiger partial charge in [0, 0.05) is 43.4 Å². The summed E-state index contributed by atoms with van der Waals surface area (Å²) in [6.07, 6.45) is 2.32. The van der Waals surface area contributed by atoms with Crippen LogP contribution in [0.2, 0.25) is 5.15 Å². The normalized spacial score (nSPS) is 14.4. The van der Waals surface area contributed by atoms with Gasteiger partial charge in [-0.15, -0.1) is 0 Å². The molecular weight excluding hydrogens is 362 g/mol. The van der Waals surface area contributed by atoms with E-state index in [9.17, 15) is 0 Å². The maximum Gasteiger partial charge on any atom is 0.133 e. The molecule has 0 radical (unpaired) electrons. The minimum atomic E-state index is -0.142. The van der Waals surface area contributed by atoms with Gasteiger partial charge in [0.15, 0.2) is 0 Å². The molecular formula is C22H24ClNO3. The maximum atomic E-state index is 6.22. The van der Waals surface area contributed by atoms with E-state index in [-0.39, 0.29) is 6.10 Å². The van der Waals surface area contributed by atoms with Crippen LogP contribution < -0.4 is 4.74 Å². The van der Waals surface area contributed by atoms with Crippen LogP contribution in [0.5, 0.6) is 5.75 Å². The summed E-state index contributed by atoms with van der Waals surface area (Å²) >= 11 is 6.22. The average Bonchev–Trinajstić information content (AvgIpc) is 3.47. The maximum absolute atomic E-state index is 6.22. The van der Waals surface area contributed by atoms with Crippen LogP contribution in [0.25, 0.3) is 11.3 Å². The van der Waals surface area contributed by atoms with Crippen molar-refractivity contribution in [2.45, 2.75) is 25.9 Å². The molecule has 0 spiro atoms. The Morgan fingerprint density at radius 1 is 1.19 bits per heavy atom. The molecule has 0 saturated heterocycles. The first-order valence-electron chi connectivity index (χ1n) is 9.03. The zero-order valence-corrected chi connectivity index (χ0v) is 16.7. The van der Waals surface area contributed by atoms with Crippen LogP contribution in [0.3, 0.4) is 0 Å². The predicted octanol–water partition coefficient (Wildman–Crippen LogP) is 4.51. The SMILES string of the molecule is COC[C@H](COc1cc(Cl)nc(-c2ccc(C#CC3CC3)cc2C)c1)OC. The van der Waals surface area contributed by atoms with Crippen LogP contribution in [0.4, 0.5) is 0 Å². The fourth-order valence-electron chi connectivity index (χ4n) is 2.70. The molecule has 0 amide bonds. The van der Waals surface area contributed by atoms with Gasteiger partial charge in [-0.25, -0.2) is 4.98 Å². The van der Waals surface area contributed by atoms with Gasteiger partial charge in [-0.2, -0.15) is 0 Å². The second-order valence-corrected chi connectivity index (χ2v) is 7.10. The highest BCUT2D eigenvalue weighted by atomic mass is 35.5. The molecule has 1 fully saturated rings. The first kappa shape index (κ1) is 19.7. The fraction of sp³-hybridized carbons (Fsp3) is 0.409. The van der Waals surface area contributed by atoms with E-state index in [0.29, 0.717) is 30.0 Å². The summed E-state index contributed by atoms with van der Waals surface area (Å²) in [5, 5.41) is 0.389. The van der Waals surface area contributed by atoms with Gasteiger partial charge in [-0.3, -0.25) is 0 Å². The minimum Gasteiger partial charge on any atom is -0.491 e. The lowest BCUT2D eigenvalue weighted by molar-refractivity contribution is 0.000873. The molecule has 1 atom stereocenters. The van der Waals surface area contributed by atoms with Crippen molar-refractivity contribution in [1.82, 2.24) is 4.98 Å². The third-order valence-corrected chi connectivity index (χ3v) is 4.58. The van der Waals surface area contributed by atoms with Gasteiger partial charge < -0.3 is 14.2 Å². The van der Waals surface area contributed by atoms with Gasteiger partial charge in [0.25, 0.3) is 0 Å². The molecule has 0 aliphatic heterocycles. The Morgan fingerprint density at radius 3 is 2.67 bits per heavy atom. The predicted molar refractivity (Wildman–Crippen MR) is 107 cm³/mol.